The number of furan rings is 1. The SMILES string of the molecule is CCCCCCCCC(=O)N(Cc1ccco1)C(C)c1nc2ccccc2c(=O)n1Cc1ccccc1. The number of aromatic nitrogens is 2. The molecule has 2 heterocycles. The van der Waals surface area contributed by atoms with Gasteiger partial charge in [0.25, 0.3) is 5.56 Å². The predicted octanol–water partition coefficient (Wildman–Crippen LogP) is 6.88. The van der Waals surface area contributed by atoms with Crippen LogP contribution in [0.25, 0.3) is 10.9 Å². The van der Waals surface area contributed by atoms with Crippen LogP contribution in [0.15, 0.2) is 82.2 Å². The normalized spacial score (nSPS) is 12.1. The van der Waals surface area contributed by atoms with Gasteiger partial charge < -0.3 is 9.32 Å². The summed E-state index contributed by atoms with van der Waals surface area (Å²) >= 11 is 0. The van der Waals surface area contributed by atoms with Crippen molar-refractivity contribution in [3.63, 3.8) is 0 Å². The minimum absolute atomic E-state index is 0.0491. The van der Waals surface area contributed by atoms with Gasteiger partial charge in [0.2, 0.25) is 5.91 Å². The highest BCUT2D eigenvalue weighted by atomic mass is 16.3. The van der Waals surface area contributed by atoms with Crippen LogP contribution in [0.4, 0.5) is 0 Å². The topological polar surface area (TPSA) is 68.3 Å². The predicted molar refractivity (Wildman–Crippen MR) is 147 cm³/mol. The van der Waals surface area contributed by atoms with E-state index in [4.69, 9.17) is 9.40 Å². The van der Waals surface area contributed by atoms with Crippen LogP contribution in [0.3, 0.4) is 0 Å². The van der Waals surface area contributed by atoms with Gasteiger partial charge >= 0.3 is 0 Å². The zero-order valence-electron chi connectivity index (χ0n) is 21.9. The van der Waals surface area contributed by atoms with Gasteiger partial charge in [-0.05, 0) is 43.2 Å². The smallest absolute Gasteiger partial charge is 0.261 e. The Morgan fingerprint density at radius 2 is 1.68 bits per heavy atom. The Hall–Kier alpha value is -3.67. The average molecular weight is 500 g/mol. The Morgan fingerprint density at radius 3 is 2.43 bits per heavy atom. The third-order valence-corrected chi connectivity index (χ3v) is 6.89. The molecule has 0 aliphatic rings. The highest BCUT2D eigenvalue weighted by molar-refractivity contribution is 5.78. The van der Waals surface area contributed by atoms with E-state index in [-0.39, 0.29) is 11.5 Å². The van der Waals surface area contributed by atoms with E-state index in [0.29, 0.717) is 42.0 Å². The maximum Gasteiger partial charge on any atom is 0.261 e. The van der Waals surface area contributed by atoms with E-state index < -0.39 is 6.04 Å². The molecule has 37 heavy (non-hydrogen) atoms. The fraction of sp³-hybridized carbons (Fsp3) is 0.387. The van der Waals surface area contributed by atoms with Crippen molar-refractivity contribution in [1.82, 2.24) is 14.5 Å². The third kappa shape index (κ3) is 6.76. The van der Waals surface area contributed by atoms with E-state index in [9.17, 15) is 9.59 Å². The van der Waals surface area contributed by atoms with Gasteiger partial charge in [0, 0.05) is 6.42 Å². The number of fused-ring (bicyclic) bond motifs is 1. The number of hydrogen-bond donors (Lipinski definition) is 0. The lowest BCUT2D eigenvalue weighted by molar-refractivity contribution is -0.134. The van der Waals surface area contributed by atoms with Crippen molar-refractivity contribution in [2.75, 3.05) is 0 Å². The van der Waals surface area contributed by atoms with Crippen molar-refractivity contribution in [3.05, 3.63) is 100 Å². The molecule has 2 aromatic carbocycles. The zero-order valence-corrected chi connectivity index (χ0v) is 21.9. The van der Waals surface area contributed by atoms with Gasteiger partial charge in [0.05, 0.1) is 36.3 Å². The van der Waals surface area contributed by atoms with Crippen molar-refractivity contribution in [2.45, 2.75) is 77.9 Å². The van der Waals surface area contributed by atoms with E-state index >= 15 is 0 Å². The van der Waals surface area contributed by atoms with Crippen LogP contribution >= 0.6 is 0 Å². The molecule has 194 valence electrons. The second-order valence-electron chi connectivity index (χ2n) is 9.66. The summed E-state index contributed by atoms with van der Waals surface area (Å²) in [6.45, 7) is 4.88. The van der Waals surface area contributed by atoms with Gasteiger partial charge in [-0.2, -0.15) is 0 Å². The number of para-hydroxylation sites is 1. The number of carbonyl (C=O) groups is 1. The summed E-state index contributed by atoms with van der Waals surface area (Å²) in [4.78, 5) is 34.0. The summed E-state index contributed by atoms with van der Waals surface area (Å²) in [5, 5.41) is 0.574. The first kappa shape index (κ1) is 26.4. The molecule has 4 aromatic rings. The Morgan fingerprint density at radius 1 is 0.946 bits per heavy atom. The number of carbonyl (C=O) groups excluding carboxylic acids is 1. The molecule has 6 heteroatoms. The summed E-state index contributed by atoms with van der Waals surface area (Å²) in [7, 11) is 0. The highest BCUT2D eigenvalue weighted by Gasteiger charge is 2.27. The minimum atomic E-state index is -0.418. The number of amides is 1. The third-order valence-electron chi connectivity index (χ3n) is 6.89. The Labute approximate surface area is 218 Å². The Balaban J connectivity index is 1.67. The molecule has 0 radical (unpaired) electrons. The minimum Gasteiger partial charge on any atom is -0.467 e. The number of unbranched alkanes of at least 4 members (excludes halogenated alkanes) is 5. The molecule has 0 aliphatic carbocycles. The molecule has 1 amide bonds. The van der Waals surface area contributed by atoms with Gasteiger partial charge in [-0.25, -0.2) is 4.98 Å². The fourth-order valence-corrected chi connectivity index (χ4v) is 4.77. The first-order valence-corrected chi connectivity index (χ1v) is 13.4. The van der Waals surface area contributed by atoms with Crippen LogP contribution in [0.2, 0.25) is 0 Å². The van der Waals surface area contributed by atoms with Crippen LogP contribution in [-0.2, 0) is 17.9 Å². The zero-order chi connectivity index (χ0) is 26.0. The van der Waals surface area contributed by atoms with Crippen LogP contribution in [0, 0.1) is 0 Å². The van der Waals surface area contributed by atoms with Crippen LogP contribution in [0.1, 0.15) is 82.0 Å². The molecule has 0 saturated heterocycles. The van der Waals surface area contributed by atoms with E-state index in [1.165, 1.54) is 19.3 Å². The van der Waals surface area contributed by atoms with Gasteiger partial charge in [-0.15, -0.1) is 0 Å². The van der Waals surface area contributed by atoms with E-state index in [1.807, 2.05) is 78.6 Å². The molecular weight excluding hydrogens is 462 g/mol. The second-order valence-corrected chi connectivity index (χ2v) is 9.66. The molecule has 0 spiro atoms. The lowest BCUT2D eigenvalue weighted by Crippen LogP contribution is -2.37. The average Bonchev–Trinajstić information content (AvgIpc) is 3.44. The van der Waals surface area contributed by atoms with Gasteiger partial charge in [-0.3, -0.25) is 14.2 Å². The monoisotopic (exact) mass is 499 g/mol. The fourth-order valence-electron chi connectivity index (χ4n) is 4.77. The quantitative estimate of drug-likeness (QED) is 0.188. The number of hydrogen-bond acceptors (Lipinski definition) is 4. The van der Waals surface area contributed by atoms with Gasteiger partial charge in [0.1, 0.15) is 11.6 Å². The summed E-state index contributed by atoms with van der Waals surface area (Å²) in [6.07, 6.45) is 8.79. The van der Waals surface area contributed by atoms with Crippen molar-refractivity contribution in [2.24, 2.45) is 0 Å². The van der Waals surface area contributed by atoms with Crippen molar-refractivity contribution < 1.29 is 9.21 Å². The molecule has 6 nitrogen and oxygen atoms in total. The van der Waals surface area contributed by atoms with Gasteiger partial charge in [-0.1, -0.05) is 81.5 Å². The van der Waals surface area contributed by atoms with Crippen molar-refractivity contribution in [3.8, 4) is 0 Å². The number of nitrogens with zero attached hydrogens (tertiary/aromatic N) is 3. The molecule has 1 atom stereocenters. The lowest BCUT2D eigenvalue weighted by atomic mass is 10.1. The molecule has 0 saturated carbocycles. The lowest BCUT2D eigenvalue weighted by Gasteiger charge is -2.30. The summed E-state index contributed by atoms with van der Waals surface area (Å²) in [6, 6.07) is 20.6. The summed E-state index contributed by atoms with van der Waals surface area (Å²) in [5.41, 5.74) is 1.55. The summed E-state index contributed by atoms with van der Waals surface area (Å²) in [5.74, 6) is 1.34. The molecule has 1 unspecified atom stereocenters. The van der Waals surface area contributed by atoms with Crippen molar-refractivity contribution >= 4 is 16.8 Å². The van der Waals surface area contributed by atoms with E-state index in [1.54, 1.807) is 10.8 Å². The molecule has 2 aromatic heterocycles. The largest absolute Gasteiger partial charge is 0.467 e. The maximum atomic E-state index is 13.7. The van der Waals surface area contributed by atoms with E-state index in [2.05, 4.69) is 6.92 Å². The Bertz CT molecular complexity index is 1330. The molecule has 0 fully saturated rings. The number of rotatable bonds is 13. The second kappa shape index (κ2) is 13.0. The van der Waals surface area contributed by atoms with E-state index in [0.717, 1.165) is 24.8 Å². The van der Waals surface area contributed by atoms with Crippen LogP contribution in [-0.4, -0.2) is 20.4 Å². The Kier molecular flexibility index (Phi) is 9.30. The molecule has 0 N–H and O–H groups in total. The van der Waals surface area contributed by atoms with Gasteiger partial charge in [0.15, 0.2) is 0 Å². The molecule has 0 aliphatic heterocycles. The number of benzene rings is 2. The first-order chi connectivity index (χ1) is 18.1. The summed E-state index contributed by atoms with van der Waals surface area (Å²) < 4.78 is 7.32. The first-order valence-electron chi connectivity index (χ1n) is 13.4. The molecule has 0 bridgehead atoms. The van der Waals surface area contributed by atoms with Crippen molar-refractivity contribution in [1.29, 1.82) is 0 Å². The van der Waals surface area contributed by atoms with Crippen LogP contribution < -0.4 is 5.56 Å². The standard InChI is InChI=1S/C31H37N3O3/c1-3-4-5-6-7-11-20-29(35)33(23-26-17-14-21-37-26)24(2)30-32-28-19-13-12-18-27(28)31(36)34(30)22-25-15-9-8-10-16-25/h8-10,12-19,21,24H,3-7,11,20,22-23H2,1-2H3. The maximum absolute atomic E-state index is 13.7. The molecular formula is C31H37N3O3. The van der Waals surface area contributed by atoms with Crippen LogP contribution in [0.5, 0.6) is 0 Å². The molecule has 4 rings (SSSR count). The highest BCUT2D eigenvalue weighted by Crippen LogP contribution is 2.25.